The van der Waals surface area contributed by atoms with Crippen molar-refractivity contribution >= 4 is 15.9 Å². The van der Waals surface area contributed by atoms with E-state index in [0.717, 1.165) is 6.07 Å². The van der Waals surface area contributed by atoms with Crippen LogP contribution in [0.3, 0.4) is 0 Å². The van der Waals surface area contributed by atoms with E-state index < -0.39 is 23.4 Å². The third kappa shape index (κ3) is 2.99. The lowest BCUT2D eigenvalue weighted by Crippen LogP contribution is -2.20. The highest BCUT2D eigenvalue weighted by Gasteiger charge is 2.33. The van der Waals surface area contributed by atoms with Gasteiger partial charge in [0.15, 0.2) is 11.4 Å². The summed E-state index contributed by atoms with van der Waals surface area (Å²) >= 11 is 2.70. The second-order valence-electron chi connectivity index (χ2n) is 2.35. The zero-order valence-corrected chi connectivity index (χ0v) is 8.44. The largest absolute Gasteiger partial charge is 0.573 e. The predicted molar refractivity (Wildman–Crippen MR) is 46.2 cm³/mol. The molecule has 15 heavy (non-hydrogen) atoms. The number of pyridine rings is 1. The van der Waals surface area contributed by atoms with Gasteiger partial charge >= 0.3 is 6.36 Å². The fourth-order valence-electron chi connectivity index (χ4n) is 0.810. The molecule has 0 saturated carbocycles. The Kier molecular flexibility index (Phi) is 3.04. The van der Waals surface area contributed by atoms with Gasteiger partial charge in [-0.05, 0) is 15.9 Å². The molecule has 0 aliphatic rings. The van der Waals surface area contributed by atoms with Gasteiger partial charge in [-0.25, -0.2) is 0 Å². The number of H-pyrrole nitrogens is 1. The van der Waals surface area contributed by atoms with E-state index >= 15 is 0 Å². The lowest BCUT2D eigenvalue weighted by atomic mass is 10.3. The van der Waals surface area contributed by atoms with Crippen LogP contribution < -0.4 is 10.3 Å². The van der Waals surface area contributed by atoms with Crippen LogP contribution in [-0.4, -0.2) is 11.3 Å². The van der Waals surface area contributed by atoms with E-state index in [1.54, 1.807) is 0 Å². The van der Waals surface area contributed by atoms with Crippen molar-refractivity contribution < 1.29 is 17.9 Å². The number of ether oxygens (including phenoxy) is 1. The molecule has 0 aliphatic heterocycles. The van der Waals surface area contributed by atoms with Gasteiger partial charge in [0.2, 0.25) is 5.56 Å². The molecule has 4 nitrogen and oxygen atoms in total. The number of nitriles is 1. The molecule has 0 unspecified atom stereocenters. The van der Waals surface area contributed by atoms with Gasteiger partial charge in [0, 0.05) is 6.07 Å². The summed E-state index contributed by atoms with van der Waals surface area (Å²) in [5, 5.41) is 8.48. The number of rotatable bonds is 1. The van der Waals surface area contributed by atoms with Crippen LogP contribution in [-0.2, 0) is 0 Å². The van der Waals surface area contributed by atoms with Gasteiger partial charge in [-0.15, -0.1) is 13.2 Å². The predicted octanol–water partition coefficient (Wildman–Crippen LogP) is 1.91. The molecule has 0 aromatic carbocycles. The van der Waals surface area contributed by atoms with E-state index in [2.05, 4.69) is 20.7 Å². The number of halogens is 4. The molecular formula is C7H2BrF3N2O2. The van der Waals surface area contributed by atoms with Crippen LogP contribution in [0.5, 0.6) is 5.75 Å². The normalized spacial score (nSPS) is 10.9. The van der Waals surface area contributed by atoms with Crippen molar-refractivity contribution in [3.63, 3.8) is 0 Å². The first-order valence-electron chi connectivity index (χ1n) is 3.42. The molecule has 0 fully saturated rings. The van der Waals surface area contributed by atoms with E-state index in [-0.39, 0.29) is 4.47 Å². The summed E-state index contributed by atoms with van der Waals surface area (Å²) in [6, 6.07) is 2.22. The second-order valence-corrected chi connectivity index (χ2v) is 3.20. The van der Waals surface area contributed by atoms with Crippen LogP contribution in [0, 0.1) is 11.3 Å². The molecule has 8 heteroatoms. The standard InChI is InChI=1S/C7H2BrF3N2O2/c8-3-1-5(14)13-4(2-12)6(3)15-7(9,10)11/h1H,(H,13,14). The molecule has 80 valence electrons. The van der Waals surface area contributed by atoms with E-state index in [1.807, 2.05) is 4.98 Å². The van der Waals surface area contributed by atoms with Crippen LogP contribution in [0.2, 0.25) is 0 Å². The summed E-state index contributed by atoms with van der Waals surface area (Å²) in [6.45, 7) is 0. The Hall–Kier alpha value is -1.49. The fraction of sp³-hybridized carbons (Fsp3) is 0.143. The summed E-state index contributed by atoms with van der Waals surface area (Å²) in [4.78, 5) is 12.7. The number of aromatic nitrogens is 1. The van der Waals surface area contributed by atoms with Gasteiger partial charge in [-0.2, -0.15) is 5.26 Å². The lowest BCUT2D eigenvalue weighted by Gasteiger charge is -2.10. The molecule has 0 amide bonds. The minimum Gasteiger partial charge on any atom is -0.402 e. The zero-order chi connectivity index (χ0) is 11.6. The van der Waals surface area contributed by atoms with Crippen molar-refractivity contribution in [3.8, 4) is 11.8 Å². The summed E-state index contributed by atoms with van der Waals surface area (Å²) < 4.78 is 39.0. The van der Waals surface area contributed by atoms with E-state index in [4.69, 9.17) is 5.26 Å². The molecule has 0 bridgehead atoms. The van der Waals surface area contributed by atoms with E-state index in [9.17, 15) is 18.0 Å². The van der Waals surface area contributed by atoms with Crippen molar-refractivity contribution in [2.24, 2.45) is 0 Å². The van der Waals surface area contributed by atoms with Gasteiger partial charge in [-0.3, -0.25) is 4.79 Å². The molecule has 0 aliphatic carbocycles. The number of alkyl halides is 3. The quantitative estimate of drug-likeness (QED) is 0.856. The third-order valence-electron chi connectivity index (χ3n) is 1.28. The van der Waals surface area contributed by atoms with Crippen LogP contribution in [0.4, 0.5) is 13.2 Å². The fourth-order valence-corrected chi connectivity index (χ4v) is 1.30. The lowest BCUT2D eigenvalue weighted by molar-refractivity contribution is -0.275. The third-order valence-corrected chi connectivity index (χ3v) is 1.87. The van der Waals surface area contributed by atoms with Crippen LogP contribution in [0.25, 0.3) is 0 Å². The van der Waals surface area contributed by atoms with Crippen molar-refractivity contribution in [3.05, 3.63) is 26.6 Å². The Bertz CT molecular complexity index is 475. The van der Waals surface area contributed by atoms with Crippen LogP contribution >= 0.6 is 15.9 Å². The van der Waals surface area contributed by atoms with Crippen molar-refractivity contribution in [2.45, 2.75) is 6.36 Å². The summed E-state index contributed by atoms with van der Waals surface area (Å²) in [7, 11) is 0. The maximum atomic E-state index is 11.9. The SMILES string of the molecule is N#Cc1[nH]c(=O)cc(Br)c1OC(F)(F)F. The molecule has 1 N–H and O–H groups in total. The Balaban J connectivity index is 3.29. The molecule has 1 aromatic rings. The highest BCUT2D eigenvalue weighted by atomic mass is 79.9. The highest BCUT2D eigenvalue weighted by molar-refractivity contribution is 9.10. The number of nitrogens with one attached hydrogen (secondary N) is 1. The van der Waals surface area contributed by atoms with Gasteiger partial charge in [-0.1, -0.05) is 0 Å². The molecular weight excluding hydrogens is 281 g/mol. The molecule has 0 radical (unpaired) electrons. The van der Waals surface area contributed by atoms with Crippen LogP contribution in [0.15, 0.2) is 15.3 Å². The molecule has 0 spiro atoms. The highest BCUT2D eigenvalue weighted by Crippen LogP contribution is 2.31. The molecule has 1 heterocycles. The van der Waals surface area contributed by atoms with E-state index in [0.29, 0.717) is 0 Å². The maximum absolute atomic E-state index is 11.9. The molecule has 1 aromatic heterocycles. The maximum Gasteiger partial charge on any atom is 0.573 e. The molecule has 0 atom stereocenters. The average molecular weight is 283 g/mol. The topological polar surface area (TPSA) is 65.9 Å². The average Bonchev–Trinajstić information content (AvgIpc) is 2.07. The number of hydrogen-bond donors (Lipinski definition) is 1. The second kappa shape index (κ2) is 3.94. The number of hydrogen-bond acceptors (Lipinski definition) is 3. The van der Waals surface area contributed by atoms with Crippen molar-refractivity contribution in [1.82, 2.24) is 4.98 Å². The van der Waals surface area contributed by atoms with Crippen LogP contribution in [0.1, 0.15) is 5.69 Å². The summed E-state index contributed by atoms with van der Waals surface area (Å²) in [5.74, 6) is -0.760. The smallest absolute Gasteiger partial charge is 0.402 e. The monoisotopic (exact) mass is 282 g/mol. The zero-order valence-electron chi connectivity index (χ0n) is 6.85. The minimum atomic E-state index is -4.92. The van der Waals surface area contributed by atoms with Crippen molar-refractivity contribution in [2.75, 3.05) is 0 Å². The van der Waals surface area contributed by atoms with Gasteiger partial charge in [0.05, 0.1) is 4.47 Å². The first-order chi connectivity index (χ1) is 6.83. The van der Waals surface area contributed by atoms with Gasteiger partial charge in [0.1, 0.15) is 6.07 Å². The Morgan fingerprint density at radius 3 is 2.60 bits per heavy atom. The molecule has 0 saturated heterocycles. The van der Waals surface area contributed by atoms with Gasteiger partial charge < -0.3 is 9.72 Å². The first-order valence-corrected chi connectivity index (χ1v) is 4.21. The minimum absolute atomic E-state index is 0.236. The van der Waals surface area contributed by atoms with Gasteiger partial charge in [0.25, 0.3) is 0 Å². The Labute approximate surface area is 89.4 Å². The molecule has 1 rings (SSSR count). The van der Waals surface area contributed by atoms with Crippen molar-refractivity contribution in [1.29, 1.82) is 5.26 Å². The first kappa shape index (κ1) is 11.6. The summed E-state index contributed by atoms with van der Waals surface area (Å²) in [6.07, 6.45) is -4.92. The number of aromatic amines is 1. The Morgan fingerprint density at radius 2 is 2.13 bits per heavy atom. The Morgan fingerprint density at radius 1 is 1.53 bits per heavy atom. The summed E-state index contributed by atoms with van der Waals surface area (Å²) in [5.41, 5.74) is -1.29. The van der Waals surface area contributed by atoms with E-state index in [1.165, 1.54) is 6.07 Å². The number of nitrogens with zero attached hydrogens (tertiary/aromatic N) is 1.